The van der Waals surface area contributed by atoms with Crippen molar-refractivity contribution in [3.8, 4) is 0 Å². The Labute approximate surface area is 114 Å². The molecule has 104 valence electrons. The summed E-state index contributed by atoms with van der Waals surface area (Å²) in [4.78, 5) is 14.0. The van der Waals surface area contributed by atoms with E-state index in [1.54, 1.807) is 0 Å². The van der Waals surface area contributed by atoms with Gasteiger partial charge in [-0.2, -0.15) is 0 Å². The number of hydrogen-bond donors (Lipinski definition) is 2. The third-order valence-corrected chi connectivity index (χ3v) is 3.75. The molecule has 0 unspecified atom stereocenters. The quantitative estimate of drug-likeness (QED) is 0.877. The van der Waals surface area contributed by atoms with Gasteiger partial charge in [-0.1, -0.05) is 37.3 Å². The molecule has 1 atom stereocenters. The van der Waals surface area contributed by atoms with Crippen LogP contribution in [-0.4, -0.2) is 35.7 Å². The van der Waals surface area contributed by atoms with Gasteiger partial charge in [0.1, 0.15) is 0 Å². The van der Waals surface area contributed by atoms with Crippen molar-refractivity contribution in [3.63, 3.8) is 0 Å². The maximum Gasteiger partial charge on any atom is 0.317 e. The highest BCUT2D eigenvalue weighted by Crippen LogP contribution is 2.17. The Balaban J connectivity index is 1.93. The zero-order valence-corrected chi connectivity index (χ0v) is 11.4. The number of aliphatic hydroxyl groups excluding tert-OH is 1. The van der Waals surface area contributed by atoms with E-state index in [2.05, 4.69) is 12.2 Å². The first-order valence-corrected chi connectivity index (χ1v) is 6.92. The van der Waals surface area contributed by atoms with Gasteiger partial charge in [0.25, 0.3) is 0 Å². The summed E-state index contributed by atoms with van der Waals surface area (Å²) in [5, 5.41) is 12.3. The minimum Gasteiger partial charge on any atom is -0.394 e. The Morgan fingerprint density at radius 3 is 2.58 bits per heavy atom. The predicted molar refractivity (Wildman–Crippen MR) is 74.8 cm³/mol. The minimum absolute atomic E-state index is 0.0743. The van der Waals surface area contributed by atoms with E-state index in [4.69, 9.17) is 0 Å². The van der Waals surface area contributed by atoms with Gasteiger partial charge >= 0.3 is 6.03 Å². The first-order chi connectivity index (χ1) is 9.20. The summed E-state index contributed by atoms with van der Waals surface area (Å²) in [7, 11) is 0. The van der Waals surface area contributed by atoms with Crippen molar-refractivity contribution in [2.75, 3.05) is 19.7 Å². The van der Waals surface area contributed by atoms with Crippen molar-refractivity contribution in [2.45, 2.75) is 25.8 Å². The van der Waals surface area contributed by atoms with Gasteiger partial charge in [-0.3, -0.25) is 0 Å². The van der Waals surface area contributed by atoms with Crippen molar-refractivity contribution >= 4 is 6.03 Å². The molecule has 1 aliphatic heterocycles. The van der Waals surface area contributed by atoms with E-state index in [1.807, 2.05) is 35.2 Å². The van der Waals surface area contributed by atoms with Gasteiger partial charge < -0.3 is 15.3 Å². The van der Waals surface area contributed by atoms with Gasteiger partial charge in [-0.15, -0.1) is 0 Å². The molecule has 4 nitrogen and oxygen atoms in total. The number of benzene rings is 1. The predicted octanol–water partition coefficient (Wildman–Crippen LogP) is 2.16. The highest BCUT2D eigenvalue weighted by Gasteiger charge is 2.22. The fourth-order valence-electron chi connectivity index (χ4n) is 2.37. The number of rotatable bonds is 3. The standard InChI is InChI=1S/C15H22N2O2/c1-12-7-9-17(10-8-12)15(19)16-14(11-18)13-5-3-2-4-6-13/h2-6,12,14,18H,7-11H2,1H3,(H,16,19)/t14-/m1/s1. The smallest absolute Gasteiger partial charge is 0.317 e. The number of carbonyl (C=O) groups excluding carboxylic acids is 1. The lowest BCUT2D eigenvalue weighted by Crippen LogP contribution is -2.45. The molecular weight excluding hydrogens is 240 g/mol. The Bertz CT molecular complexity index is 400. The summed E-state index contributed by atoms with van der Waals surface area (Å²) >= 11 is 0. The van der Waals surface area contributed by atoms with E-state index >= 15 is 0 Å². The number of nitrogens with zero attached hydrogens (tertiary/aromatic N) is 1. The molecule has 1 aliphatic rings. The highest BCUT2D eigenvalue weighted by atomic mass is 16.3. The third kappa shape index (κ3) is 3.70. The molecule has 1 aromatic rings. The molecule has 1 saturated heterocycles. The summed E-state index contributed by atoms with van der Waals surface area (Å²) < 4.78 is 0. The summed E-state index contributed by atoms with van der Waals surface area (Å²) in [6, 6.07) is 9.17. The normalized spacial score (nSPS) is 18.1. The average Bonchev–Trinajstić information content (AvgIpc) is 2.46. The Morgan fingerprint density at radius 1 is 1.37 bits per heavy atom. The molecular formula is C15H22N2O2. The van der Waals surface area contributed by atoms with E-state index in [9.17, 15) is 9.90 Å². The molecule has 2 amide bonds. The molecule has 0 spiro atoms. The summed E-state index contributed by atoms with van der Waals surface area (Å²) in [5.41, 5.74) is 0.934. The van der Waals surface area contributed by atoms with Crippen LogP contribution in [0.2, 0.25) is 0 Å². The number of urea groups is 1. The monoisotopic (exact) mass is 262 g/mol. The molecule has 1 heterocycles. The van der Waals surface area contributed by atoms with Crippen LogP contribution >= 0.6 is 0 Å². The van der Waals surface area contributed by atoms with Crippen molar-refractivity contribution in [2.24, 2.45) is 5.92 Å². The lowest BCUT2D eigenvalue weighted by atomic mass is 9.99. The second kappa shape index (κ2) is 6.57. The molecule has 1 aromatic carbocycles. The van der Waals surface area contributed by atoms with Gasteiger partial charge in [-0.05, 0) is 24.3 Å². The molecule has 19 heavy (non-hydrogen) atoms. The lowest BCUT2D eigenvalue weighted by Gasteiger charge is -2.31. The van der Waals surface area contributed by atoms with Crippen LogP contribution in [0.5, 0.6) is 0 Å². The molecule has 0 radical (unpaired) electrons. The van der Waals surface area contributed by atoms with E-state index < -0.39 is 0 Å². The average molecular weight is 262 g/mol. The van der Waals surface area contributed by atoms with Crippen LogP contribution in [0.15, 0.2) is 30.3 Å². The molecule has 0 aliphatic carbocycles. The Kier molecular flexibility index (Phi) is 4.80. The van der Waals surface area contributed by atoms with Crippen LogP contribution in [0.25, 0.3) is 0 Å². The zero-order valence-electron chi connectivity index (χ0n) is 11.4. The molecule has 0 bridgehead atoms. The number of carbonyl (C=O) groups is 1. The maximum absolute atomic E-state index is 12.2. The molecule has 4 heteroatoms. The minimum atomic E-state index is -0.326. The van der Waals surface area contributed by atoms with Crippen molar-refractivity contribution in [3.05, 3.63) is 35.9 Å². The second-order valence-electron chi connectivity index (χ2n) is 5.26. The first kappa shape index (κ1) is 13.9. The van der Waals surface area contributed by atoms with E-state index in [0.717, 1.165) is 31.5 Å². The summed E-state index contributed by atoms with van der Waals surface area (Å²) in [6.45, 7) is 3.75. The maximum atomic E-state index is 12.2. The Hall–Kier alpha value is -1.55. The highest BCUT2D eigenvalue weighted by molar-refractivity contribution is 5.74. The van der Waals surface area contributed by atoms with Crippen LogP contribution in [0.3, 0.4) is 0 Å². The molecule has 2 rings (SSSR count). The number of amides is 2. The molecule has 0 saturated carbocycles. The van der Waals surface area contributed by atoms with Gasteiger partial charge in [-0.25, -0.2) is 4.79 Å². The van der Waals surface area contributed by atoms with Crippen LogP contribution in [0.4, 0.5) is 4.79 Å². The van der Waals surface area contributed by atoms with Crippen molar-refractivity contribution < 1.29 is 9.90 Å². The number of nitrogens with one attached hydrogen (secondary N) is 1. The number of piperidine rings is 1. The van der Waals surface area contributed by atoms with Crippen LogP contribution < -0.4 is 5.32 Å². The van der Waals surface area contributed by atoms with E-state index in [0.29, 0.717) is 5.92 Å². The molecule has 0 aromatic heterocycles. The SMILES string of the molecule is CC1CCN(C(=O)N[C@H](CO)c2ccccc2)CC1. The van der Waals surface area contributed by atoms with Gasteiger partial charge in [0.2, 0.25) is 0 Å². The largest absolute Gasteiger partial charge is 0.394 e. The molecule has 2 N–H and O–H groups in total. The number of aliphatic hydroxyl groups is 1. The van der Waals surface area contributed by atoms with Gasteiger partial charge in [0, 0.05) is 13.1 Å². The third-order valence-electron chi connectivity index (χ3n) is 3.75. The van der Waals surface area contributed by atoms with Crippen molar-refractivity contribution in [1.29, 1.82) is 0 Å². The van der Waals surface area contributed by atoms with Crippen LogP contribution in [-0.2, 0) is 0 Å². The first-order valence-electron chi connectivity index (χ1n) is 6.92. The van der Waals surface area contributed by atoms with Crippen LogP contribution in [0.1, 0.15) is 31.4 Å². The van der Waals surface area contributed by atoms with Gasteiger partial charge in [0.15, 0.2) is 0 Å². The van der Waals surface area contributed by atoms with Gasteiger partial charge in [0.05, 0.1) is 12.6 Å². The van der Waals surface area contributed by atoms with E-state index in [-0.39, 0.29) is 18.7 Å². The zero-order chi connectivity index (χ0) is 13.7. The Morgan fingerprint density at radius 2 is 2.00 bits per heavy atom. The summed E-state index contributed by atoms with van der Waals surface area (Å²) in [6.07, 6.45) is 2.12. The molecule has 1 fully saturated rings. The number of hydrogen-bond acceptors (Lipinski definition) is 2. The van der Waals surface area contributed by atoms with Crippen LogP contribution in [0, 0.1) is 5.92 Å². The van der Waals surface area contributed by atoms with Crippen molar-refractivity contribution in [1.82, 2.24) is 10.2 Å². The number of likely N-dealkylation sites (tertiary alicyclic amines) is 1. The topological polar surface area (TPSA) is 52.6 Å². The lowest BCUT2D eigenvalue weighted by molar-refractivity contribution is 0.162. The fraction of sp³-hybridized carbons (Fsp3) is 0.533. The van der Waals surface area contributed by atoms with E-state index in [1.165, 1.54) is 0 Å². The fourth-order valence-corrected chi connectivity index (χ4v) is 2.37. The summed E-state index contributed by atoms with van der Waals surface area (Å²) in [5.74, 6) is 0.701. The second-order valence-corrected chi connectivity index (χ2v) is 5.26.